The number of amides is 1. The van der Waals surface area contributed by atoms with Crippen LogP contribution in [-0.4, -0.2) is 41.0 Å². The van der Waals surface area contributed by atoms with E-state index in [1.165, 1.54) is 0 Å². The molecule has 1 N–H and O–H groups in total. The van der Waals surface area contributed by atoms with Crippen LogP contribution in [0.4, 0.5) is 11.5 Å². The highest BCUT2D eigenvalue weighted by molar-refractivity contribution is 5.76. The van der Waals surface area contributed by atoms with E-state index >= 15 is 0 Å². The first-order valence-electron chi connectivity index (χ1n) is 11.6. The van der Waals surface area contributed by atoms with Gasteiger partial charge >= 0.3 is 0 Å². The predicted octanol–water partition coefficient (Wildman–Crippen LogP) is 5.18. The van der Waals surface area contributed by atoms with Crippen molar-refractivity contribution in [3.63, 3.8) is 0 Å². The van der Waals surface area contributed by atoms with Crippen LogP contribution in [0, 0.1) is 13.8 Å². The largest absolute Gasteiger partial charge is 0.496 e. The zero-order valence-corrected chi connectivity index (χ0v) is 19.7. The number of hydrogen-bond acceptors (Lipinski definition) is 5. The van der Waals surface area contributed by atoms with Gasteiger partial charge in [0.15, 0.2) is 0 Å². The van der Waals surface area contributed by atoms with Crippen LogP contribution in [0.3, 0.4) is 0 Å². The Morgan fingerprint density at radius 2 is 1.82 bits per heavy atom. The molecule has 6 nitrogen and oxygen atoms in total. The van der Waals surface area contributed by atoms with Crippen molar-refractivity contribution in [1.29, 1.82) is 0 Å². The first-order chi connectivity index (χ1) is 16.0. The van der Waals surface area contributed by atoms with E-state index in [-0.39, 0.29) is 5.91 Å². The topological polar surface area (TPSA) is 67.3 Å². The smallest absolute Gasteiger partial charge is 0.222 e. The highest BCUT2D eigenvalue weighted by atomic mass is 16.5. The Kier molecular flexibility index (Phi) is 7.23. The summed E-state index contributed by atoms with van der Waals surface area (Å²) in [6, 6.07) is 18.0. The fourth-order valence-electron chi connectivity index (χ4n) is 4.47. The molecule has 0 bridgehead atoms. The van der Waals surface area contributed by atoms with E-state index in [0.29, 0.717) is 18.8 Å². The summed E-state index contributed by atoms with van der Waals surface area (Å²) in [5, 5.41) is 3.41. The van der Waals surface area contributed by atoms with Crippen LogP contribution in [-0.2, 0) is 11.2 Å². The summed E-state index contributed by atoms with van der Waals surface area (Å²) in [4.78, 5) is 24.1. The molecule has 172 valence electrons. The minimum atomic E-state index is 0.212. The highest BCUT2D eigenvalue weighted by Gasteiger charge is 2.25. The maximum absolute atomic E-state index is 12.8. The van der Waals surface area contributed by atoms with Crippen molar-refractivity contribution in [2.24, 2.45) is 0 Å². The number of rotatable bonds is 7. The maximum Gasteiger partial charge on any atom is 0.222 e. The van der Waals surface area contributed by atoms with Crippen molar-refractivity contribution in [3.8, 4) is 5.75 Å². The summed E-state index contributed by atoms with van der Waals surface area (Å²) < 4.78 is 5.41. The van der Waals surface area contributed by atoms with Gasteiger partial charge in [-0.15, -0.1) is 0 Å². The Morgan fingerprint density at radius 1 is 1.03 bits per heavy atom. The monoisotopic (exact) mass is 444 g/mol. The number of carbonyl (C=O) groups excluding carboxylic acids is 1. The van der Waals surface area contributed by atoms with E-state index in [1.807, 2.05) is 67.3 Å². The normalized spacial score (nSPS) is 14.2. The lowest BCUT2D eigenvalue weighted by Crippen LogP contribution is -2.38. The first kappa shape index (κ1) is 22.8. The van der Waals surface area contributed by atoms with Crippen LogP contribution >= 0.6 is 0 Å². The van der Waals surface area contributed by atoms with Gasteiger partial charge in [0, 0.05) is 48.2 Å². The van der Waals surface area contributed by atoms with Crippen LogP contribution < -0.4 is 10.1 Å². The molecule has 1 aliphatic heterocycles. The minimum absolute atomic E-state index is 0.212. The molecule has 0 aliphatic carbocycles. The third kappa shape index (κ3) is 5.89. The standard InChI is InChI=1S/C27H32N4O2/c1-19-7-6-10-26(29-19)30-23-17-20(2)28-24(18-23)21-13-15-31(16-14-21)27(32)12-11-22-8-4-5-9-25(22)33-3/h4-10,17-18,21H,11-16H2,1-3H3,(H,28,29,30). The van der Waals surface area contributed by atoms with Crippen LogP contribution in [0.25, 0.3) is 0 Å². The molecule has 1 fully saturated rings. The van der Waals surface area contributed by atoms with Crippen molar-refractivity contribution < 1.29 is 9.53 Å². The van der Waals surface area contributed by atoms with E-state index in [9.17, 15) is 4.79 Å². The highest BCUT2D eigenvalue weighted by Crippen LogP contribution is 2.30. The predicted molar refractivity (Wildman–Crippen MR) is 131 cm³/mol. The van der Waals surface area contributed by atoms with Gasteiger partial charge in [-0.05, 0) is 69.0 Å². The molecule has 6 heteroatoms. The average Bonchev–Trinajstić information content (AvgIpc) is 2.82. The number of nitrogens with one attached hydrogen (secondary N) is 1. The van der Waals surface area contributed by atoms with Crippen molar-refractivity contribution in [2.45, 2.75) is 45.4 Å². The Labute approximate surface area is 196 Å². The molecule has 1 aromatic carbocycles. The quantitative estimate of drug-likeness (QED) is 0.544. The molecule has 2 aromatic heterocycles. The number of methoxy groups -OCH3 is 1. The van der Waals surface area contributed by atoms with Crippen LogP contribution in [0.5, 0.6) is 5.75 Å². The van der Waals surface area contributed by atoms with Gasteiger partial charge in [0.2, 0.25) is 5.91 Å². The third-order valence-electron chi connectivity index (χ3n) is 6.20. The number of benzene rings is 1. The Hall–Kier alpha value is -3.41. The number of para-hydroxylation sites is 1. The molecular formula is C27H32N4O2. The number of aryl methyl sites for hydroxylation is 3. The Morgan fingerprint density at radius 3 is 2.58 bits per heavy atom. The number of ether oxygens (including phenoxy) is 1. The molecule has 0 spiro atoms. The second-order valence-electron chi connectivity index (χ2n) is 8.68. The number of pyridine rings is 2. The van der Waals surface area contributed by atoms with E-state index in [4.69, 9.17) is 9.72 Å². The van der Waals surface area contributed by atoms with Crippen molar-refractivity contribution in [2.75, 3.05) is 25.5 Å². The Bertz CT molecular complexity index is 1110. The number of likely N-dealkylation sites (tertiary alicyclic amines) is 1. The van der Waals surface area contributed by atoms with Gasteiger partial charge in [-0.3, -0.25) is 9.78 Å². The Balaban J connectivity index is 1.34. The van der Waals surface area contributed by atoms with Gasteiger partial charge in [-0.1, -0.05) is 24.3 Å². The number of hydrogen-bond donors (Lipinski definition) is 1. The molecule has 1 saturated heterocycles. The average molecular weight is 445 g/mol. The molecule has 1 amide bonds. The molecule has 4 rings (SSSR count). The van der Waals surface area contributed by atoms with Crippen molar-refractivity contribution in [1.82, 2.24) is 14.9 Å². The molecule has 3 aromatic rings. The molecule has 3 heterocycles. The summed E-state index contributed by atoms with van der Waals surface area (Å²) in [6.45, 7) is 5.55. The van der Waals surface area contributed by atoms with E-state index in [0.717, 1.165) is 65.8 Å². The van der Waals surface area contributed by atoms with Gasteiger partial charge in [0.25, 0.3) is 0 Å². The molecule has 0 radical (unpaired) electrons. The summed E-state index contributed by atoms with van der Waals surface area (Å²) in [6.07, 6.45) is 3.06. The van der Waals surface area contributed by atoms with Crippen LogP contribution in [0.1, 0.15) is 47.8 Å². The fraction of sp³-hybridized carbons (Fsp3) is 0.370. The lowest BCUT2D eigenvalue weighted by Gasteiger charge is -2.32. The molecular weight excluding hydrogens is 412 g/mol. The molecule has 0 atom stereocenters. The second kappa shape index (κ2) is 10.5. The number of aromatic nitrogens is 2. The SMILES string of the molecule is COc1ccccc1CCC(=O)N1CCC(c2cc(Nc3cccc(C)n3)cc(C)n2)CC1. The van der Waals surface area contributed by atoms with Crippen molar-refractivity contribution >= 4 is 17.4 Å². The summed E-state index contributed by atoms with van der Waals surface area (Å²) in [7, 11) is 1.67. The van der Waals surface area contributed by atoms with E-state index < -0.39 is 0 Å². The molecule has 33 heavy (non-hydrogen) atoms. The van der Waals surface area contributed by atoms with Gasteiger partial charge in [0.05, 0.1) is 7.11 Å². The summed E-state index contributed by atoms with van der Waals surface area (Å²) in [5.74, 6) is 2.25. The van der Waals surface area contributed by atoms with Crippen LogP contribution in [0.15, 0.2) is 54.6 Å². The zero-order chi connectivity index (χ0) is 23.2. The number of nitrogens with zero attached hydrogens (tertiary/aromatic N) is 3. The third-order valence-corrected chi connectivity index (χ3v) is 6.20. The van der Waals surface area contributed by atoms with E-state index in [1.54, 1.807) is 7.11 Å². The number of piperidine rings is 1. The van der Waals surface area contributed by atoms with Gasteiger partial charge < -0.3 is 15.0 Å². The lowest BCUT2D eigenvalue weighted by atomic mass is 9.92. The molecule has 0 saturated carbocycles. The number of anilines is 2. The first-order valence-corrected chi connectivity index (χ1v) is 11.6. The molecule has 0 unspecified atom stereocenters. The van der Waals surface area contributed by atoms with Gasteiger partial charge in [0.1, 0.15) is 11.6 Å². The molecule has 1 aliphatic rings. The zero-order valence-electron chi connectivity index (χ0n) is 19.7. The second-order valence-corrected chi connectivity index (χ2v) is 8.68. The van der Waals surface area contributed by atoms with Gasteiger partial charge in [-0.25, -0.2) is 4.98 Å². The lowest BCUT2D eigenvalue weighted by molar-refractivity contribution is -0.132. The van der Waals surface area contributed by atoms with Crippen LogP contribution in [0.2, 0.25) is 0 Å². The van der Waals surface area contributed by atoms with E-state index in [2.05, 4.69) is 16.4 Å². The van der Waals surface area contributed by atoms with Crippen molar-refractivity contribution in [3.05, 3.63) is 77.2 Å². The fourth-order valence-corrected chi connectivity index (χ4v) is 4.47. The minimum Gasteiger partial charge on any atom is -0.496 e. The number of carbonyl (C=O) groups is 1. The van der Waals surface area contributed by atoms with Gasteiger partial charge in [-0.2, -0.15) is 0 Å². The summed E-state index contributed by atoms with van der Waals surface area (Å²) >= 11 is 0. The summed E-state index contributed by atoms with van der Waals surface area (Å²) in [5.41, 5.74) is 5.14. The maximum atomic E-state index is 12.8.